The van der Waals surface area contributed by atoms with Crippen molar-refractivity contribution in [3.8, 4) is 11.3 Å². The van der Waals surface area contributed by atoms with Gasteiger partial charge in [-0.2, -0.15) is 13.2 Å². The Morgan fingerprint density at radius 1 is 1.10 bits per heavy atom. The predicted octanol–water partition coefficient (Wildman–Crippen LogP) is 4.89. The Balaban J connectivity index is 1.68. The number of hydrogen-bond donors (Lipinski definition) is 3. The number of H-pyrrole nitrogens is 1. The van der Waals surface area contributed by atoms with Crippen molar-refractivity contribution in [3.63, 3.8) is 0 Å². The van der Waals surface area contributed by atoms with Crippen molar-refractivity contribution in [2.75, 3.05) is 11.1 Å². The van der Waals surface area contributed by atoms with Gasteiger partial charge in [-0.25, -0.2) is 15.0 Å². The molecule has 6 nitrogen and oxygen atoms in total. The van der Waals surface area contributed by atoms with Crippen molar-refractivity contribution >= 4 is 34.3 Å². The van der Waals surface area contributed by atoms with Gasteiger partial charge in [-0.05, 0) is 23.8 Å². The predicted molar refractivity (Wildman–Crippen MR) is 105 cm³/mol. The number of rotatable bonds is 4. The molecule has 4 N–H and O–H groups in total. The van der Waals surface area contributed by atoms with Crippen LogP contribution in [0.4, 0.5) is 24.8 Å². The van der Waals surface area contributed by atoms with Gasteiger partial charge in [-0.1, -0.05) is 23.7 Å². The molecule has 29 heavy (non-hydrogen) atoms. The summed E-state index contributed by atoms with van der Waals surface area (Å²) in [5, 5.41) is 3.97. The maximum atomic E-state index is 13.1. The molecule has 10 heteroatoms. The monoisotopic (exact) mass is 418 g/mol. The van der Waals surface area contributed by atoms with Crippen molar-refractivity contribution in [1.29, 1.82) is 0 Å². The van der Waals surface area contributed by atoms with Gasteiger partial charge in [0.1, 0.15) is 11.3 Å². The summed E-state index contributed by atoms with van der Waals surface area (Å²) in [5.74, 6) is 0.290. The lowest BCUT2D eigenvalue weighted by Gasteiger charge is -2.09. The zero-order valence-corrected chi connectivity index (χ0v) is 15.5. The molecule has 0 aliphatic carbocycles. The van der Waals surface area contributed by atoms with Crippen molar-refractivity contribution in [1.82, 2.24) is 19.9 Å². The lowest BCUT2D eigenvalue weighted by atomic mass is 10.1. The van der Waals surface area contributed by atoms with E-state index in [1.54, 1.807) is 12.1 Å². The van der Waals surface area contributed by atoms with E-state index in [4.69, 9.17) is 17.3 Å². The molecule has 0 spiro atoms. The normalized spacial score (nSPS) is 11.7. The third kappa shape index (κ3) is 3.95. The topological polar surface area (TPSA) is 92.5 Å². The highest BCUT2D eigenvalue weighted by atomic mass is 35.5. The van der Waals surface area contributed by atoms with E-state index in [1.807, 2.05) is 12.1 Å². The van der Waals surface area contributed by atoms with Gasteiger partial charge in [0, 0.05) is 34.9 Å². The van der Waals surface area contributed by atoms with E-state index in [2.05, 4.69) is 25.3 Å². The van der Waals surface area contributed by atoms with Crippen molar-refractivity contribution in [2.45, 2.75) is 12.7 Å². The Hall–Kier alpha value is -3.33. The van der Waals surface area contributed by atoms with Crippen molar-refractivity contribution in [3.05, 3.63) is 65.1 Å². The molecule has 0 aliphatic heterocycles. The van der Waals surface area contributed by atoms with Crippen LogP contribution in [0.15, 0.2) is 48.9 Å². The van der Waals surface area contributed by atoms with Crippen LogP contribution in [-0.4, -0.2) is 19.9 Å². The summed E-state index contributed by atoms with van der Waals surface area (Å²) in [4.78, 5) is 15.2. The Kier molecular flexibility index (Phi) is 4.75. The van der Waals surface area contributed by atoms with Gasteiger partial charge in [0.15, 0.2) is 0 Å². The standard InChI is InChI=1S/C19H14ClF3N6/c20-12-3-1-10(2-4-12)6-27-18-28-9-15(24)16(29-18)14-8-26-17-13(14)5-11(7-25-17)19(21,22)23/h1-5,7-9H,6,24H2,(H,25,26)(H,27,28,29). The highest BCUT2D eigenvalue weighted by molar-refractivity contribution is 6.30. The number of hydrogen-bond acceptors (Lipinski definition) is 5. The van der Waals surface area contributed by atoms with Crippen LogP contribution in [0, 0.1) is 0 Å². The molecule has 0 atom stereocenters. The van der Waals surface area contributed by atoms with Gasteiger partial charge in [-0.15, -0.1) is 0 Å². The number of pyridine rings is 1. The van der Waals surface area contributed by atoms with Crippen LogP contribution >= 0.6 is 11.6 Å². The molecule has 0 aliphatic rings. The zero-order chi connectivity index (χ0) is 20.6. The van der Waals surface area contributed by atoms with E-state index in [9.17, 15) is 13.2 Å². The van der Waals surface area contributed by atoms with Gasteiger partial charge < -0.3 is 16.0 Å². The zero-order valence-electron chi connectivity index (χ0n) is 14.8. The van der Waals surface area contributed by atoms with Crippen LogP contribution in [0.1, 0.15) is 11.1 Å². The fourth-order valence-corrected chi connectivity index (χ4v) is 2.96. The smallest absolute Gasteiger partial charge is 0.396 e. The summed E-state index contributed by atoms with van der Waals surface area (Å²) >= 11 is 5.87. The second-order valence-electron chi connectivity index (χ2n) is 6.30. The summed E-state index contributed by atoms with van der Waals surface area (Å²) in [5.41, 5.74) is 7.37. The number of nitrogens with one attached hydrogen (secondary N) is 2. The lowest BCUT2D eigenvalue weighted by Crippen LogP contribution is -2.06. The maximum absolute atomic E-state index is 13.1. The van der Waals surface area contributed by atoms with Crippen molar-refractivity contribution in [2.24, 2.45) is 0 Å². The third-order valence-electron chi connectivity index (χ3n) is 4.29. The van der Waals surface area contributed by atoms with Crippen LogP contribution in [0.2, 0.25) is 5.02 Å². The van der Waals surface area contributed by atoms with E-state index >= 15 is 0 Å². The van der Waals surface area contributed by atoms with Crippen LogP contribution < -0.4 is 11.1 Å². The minimum Gasteiger partial charge on any atom is -0.396 e. The number of aromatic nitrogens is 4. The number of nitrogens with zero attached hydrogens (tertiary/aromatic N) is 3. The molecule has 148 valence electrons. The molecule has 0 amide bonds. The Labute approximate surface area is 168 Å². The Morgan fingerprint density at radius 3 is 2.59 bits per heavy atom. The molecule has 0 saturated heterocycles. The van der Waals surface area contributed by atoms with E-state index in [0.717, 1.165) is 17.8 Å². The van der Waals surface area contributed by atoms with E-state index in [1.165, 1.54) is 12.4 Å². The molecule has 3 heterocycles. The number of nitrogens with two attached hydrogens (primary N) is 1. The second-order valence-corrected chi connectivity index (χ2v) is 6.73. The van der Waals surface area contributed by atoms with Crippen LogP contribution in [0.5, 0.6) is 0 Å². The lowest BCUT2D eigenvalue weighted by molar-refractivity contribution is -0.137. The molecular weight excluding hydrogens is 405 g/mol. The molecule has 4 aromatic rings. The molecule has 0 radical (unpaired) electrons. The third-order valence-corrected chi connectivity index (χ3v) is 4.55. The highest BCUT2D eigenvalue weighted by Crippen LogP contribution is 2.35. The van der Waals surface area contributed by atoms with Gasteiger partial charge in [0.25, 0.3) is 0 Å². The first-order valence-electron chi connectivity index (χ1n) is 8.47. The summed E-state index contributed by atoms with van der Waals surface area (Å²) in [7, 11) is 0. The van der Waals surface area contributed by atoms with Gasteiger partial charge >= 0.3 is 6.18 Å². The number of anilines is 2. The molecule has 0 unspecified atom stereocenters. The first-order chi connectivity index (χ1) is 13.8. The first kappa shape index (κ1) is 19.0. The average molecular weight is 419 g/mol. The fourth-order valence-electron chi connectivity index (χ4n) is 2.83. The molecule has 0 saturated carbocycles. The molecule has 0 bridgehead atoms. The summed E-state index contributed by atoms with van der Waals surface area (Å²) in [6, 6.07) is 8.28. The molecule has 3 aromatic heterocycles. The highest BCUT2D eigenvalue weighted by Gasteiger charge is 2.31. The van der Waals surface area contributed by atoms with Crippen LogP contribution in [0.25, 0.3) is 22.3 Å². The van der Waals surface area contributed by atoms with E-state index in [0.29, 0.717) is 34.4 Å². The quantitative estimate of drug-likeness (QED) is 0.439. The van der Waals surface area contributed by atoms with Gasteiger partial charge in [-0.3, -0.25) is 0 Å². The number of benzene rings is 1. The van der Waals surface area contributed by atoms with Crippen molar-refractivity contribution < 1.29 is 13.2 Å². The van der Waals surface area contributed by atoms with Gasteiger partial charge in [0.05, 0.1) is 17.4 Å². The van der Waals surface area contributed by atoms with E-state index in [-0.39, 0.29) is 11.1 Å². The Morgan fingerprint density at radius 2 is 1.86 bits per heavy atom. The fraction of sp³-hybridized carbons (Fsp3) is 0.105. The minimum atomic E-state index is -4.50. The average Bonchev–Trinajstić information content (AvgIpc) is 3.11. The number of nitrogen functional groups attached to an aromatic ring is 1. The summed E-state index contributed by atoms with van der Waals surface area (Å²) in [6.45, 7) is 0.439. The first-order valence-corrected chi connectivity index (χ1v) is 8.84. The molecular formula is C19H14ClF3N6. The summed E-state index contributed by atoms with van der Waals surface area (Å²) in [6.07, 6.45) is -0.783. The van der Waals surface area contributed by atoms with Gasteiger partial charge in [0.2, 0.25) is 5.95 Å². The maximum Gasteiger partial charge on any atom is 0.417 e. The number of halogens is 4. The summed E-state index contributed by atoms with van der Waals surface area (Å²) < 4.78 is 39.2. The number of aromatic amines is 1. The Bertz CT molecular complexity index is 1170. The van der Waals surface area contributed by atoms with Crippen LogP contribution in [-0.2, 0) is 12.7 Å². The van der Waals surface area contributed by atoms with Crippen LogP contribution in [0.3, 0.4) is 0 Å². The molecule has 1 aromatic carbocycles. The number of fused-ring (bicyclic) bond motifs is 1. The number of alkyl halides is 3. The van der Waals surface area contributed by atoms with E-state index < -0.39 is 11.7 Å². The SMILES string of the molecule is Nc1cnc(NCc2ccc(Cl)cc2)nc1-c1c[nH]c2ncc(C(F)(F)F)cc12. The molecule has 4 rings (SSSR count). The largest absolute Gasteiger partial charge is 0.417 e. The molecule has 0 fully saturated rings. The second kappa shape index (κ2) is 7.25. The minimum absolute atomic E-state index is 0.236.